The predicted octanol–water partition coefficient (Wildman–Crippen LogP) is 8.84. The first-order valence-electron chi connectivity index (χ1n) is 14.8. The summed E-state index contributed by atoms with van der Waals surface area (Å²) in [6, 6.07) is 33.6. The summed E-state index contributed by atoms with van der Waals surface area (Å²) in [4.78, 5) is 27.0. The van der Waals surface area contributed by atoms with Crippen molar-refractivity contribution in [1.29, 1.82) is 5.26 Å². The van der Waals surface area contributed by atoms with Gasteiger partial charge in [0.25, 0.3) is 0 Å². The summed E-state index contributed by atoms with van der Waals surface area (Å²) < 4.78 is 12.1. The molecule has 46 heavy (non-hydrogen) atoms. The minimum atomic E-state index is 0.159. The summed E-state index contributed by atoms with van der Waals surface area (Å²) >= 11 is 0. The van der Waals surface area contributed by atoms with E-state index in [1.165, 1.54) is 11.8 Å². The fraction of sp³-hybridized carbons (Fsp3) is 0.100. The van der Waals surface area contributed by atoms with Gasteiger partial charge in [-0.1, -0.05) is 60.7 Å². The second-order valence-corrected chi connectivity index (χ2v) is 11.1. The topological polar surface area (TPSA) is 89.3 Å². The van der Waals surface area contributed by atoms with E-state index in [1.807, 2.05) is 24.3 Å². The van der Waals surface area contributed by atoms with Crippen molar-refractivity contribution < 1.29 is 19.1 Å². The van der Waals surface area contributed by atoms with Crippen LogP contribution in [-0.2, 0) is 13.2 Å². The number of benzene rings is 5. The molecule has 0 radical (unpaired) electrons. The molecule has 0 bridgehead atoms. The SMILES string of the molecule is Cc1c(COc2ccc(C=O)c(OCc3cncc(C#N)c3)c2)cccc1-c1cccc(-c2ccc3cc(C=O)ccc3c2)c1C. The van der Waals surface area contributed by atoms with Crippen LogP contribution in [0.5, 0.6) is 11.5 Å². The number of hydrogen-bond acceptors (Lipinski definition) is 6. The summed E-state index contributed by atoms with van der Waals surface area (Å²) in [5.74, 6) is 0.967. The molecule has 6 nitrogen and oxygen atoms in total. The zero-order chi connectivity index (χ0) is 32.0. The van der Waals surface area contributed by atoms with Gasteiger partial charge in [0, 0.05) is 29.6 Å². The van der Waals surface area contributed by atoms with Crippen molar-refractivity contribution in [2.24, 2.45) is 0 Å². The van der Waals surface area contributed by atoms with Crippen LogP contribution in [0.2, 0.25) is 0 Å². The highest BCUT2D eigenvalue weighted by Gasteiger charge is 2.14. The molecule has 0 atom stereocenters. The highest BCUT2D eigenvalue weighted by atomic mass is 16.5. The highest BCUT2D eigenvalue weighted by molar-refractivity contribution is 5.92. The van der Waals surface area contributed by atoms with E-state index in [4.69, 9.17) is 14.7 Å². The number of aromatic nitrogens is 1. The molecule has 1 aromatic heterocycles. The third-order valence-electron chi connectivity index (χ3n) is 8.21. The summed E-state index contributed by atoms with van der Waals surface area (Å²) in [6.07, 6.45) is 4.73. The van der Waals surface area contributed by atoms with Crippen LogP contribution in [0.1, 0.15) is 48.5 Å². The summed E-state index contributed by atoms with van der Waals surface area (Å²) in [5, 5.41) is 11.3. The van der Waals surface area contributed by atoms with Gasteiger partial charge >= 0.3 is 0 Å². The van der Waals surface area contributed by atoms with Gasteiger partial charge in [0.2, 0.25) is 0 Å². The van der Waals surface area contributed by atoms with Crippen LogP contribution >= 0.6 is 0 Å². The van der Waals surface area contributed by atoms with Gasteiger partial charge in [0.1, 0.15) is 37.1 Å². The monoisotopic (exact) mass is 602 g/mol. The third-order valence-corrected chi connectivity index (χ3v) is 8.21. The van der Waals surface area contributed by atoms with Gasteiger partial charge in [-0.05, 0) is 93.9 Å². The number of pyridine rings is 1. The molecule has 0 spiro atoms. The van der Waals surface area contributed by atoms with Gasteiger partial charge in [-0.15, -0.1) is 0 Å². The van der Waals surface area contributed by atoms with E-state index in [1.54, 1.807) is 30.5 Å². The van der Waals surface area contributed by atoms with Crippen molar-refractivity contribution in [3.63, 3.8) is 0 Å². The van der Waals surface area contributed by atoms with E-state index in [9.17, 15) is 9.59 Å². The Morgan fingerprint density at radius 2 is 1.48 bits per heavy atom. The molecule has 0 fully saturated rings. The Morgan fingerprint density at radius 3 is 2.28 bits per heavy atom. The zero-order valence-electron chi connectivity index (χ0n) is 25.5. The molecule has 0 aliphatic rings. The number of carbonyl (C=O) groups is 2. The van der Waals surface area contributed by atoms with Gasteiger partial charge in [0.05, 0.1) is 11.1 Å². The molecule has 6 heteroatoms. The second kappa shape index (κ2) is 13.3. The Hall–Kier alpha value is -6.06. The molecule has 224 valence electrons. The predicted molar refractivity (Wildman–Crippen MR) is 179 cm³/mol. The van der Waals surface area contributed by atoms with Crippen molar-refractivity contribution in [1.82, 2.24) is 4.98 Å². The first kappa shape index (κ1) is 30.0. The van der Waals surface area contributed by atoms with E-state index < -0.39 is 0 Å². The van der Waals surface area contributed by atoms with Gasteiger partial charge in [-0.2, -0.15) is 5.26 Å². The maximum Gasteiger partial charge on any atom is 0.153 e. The molecular formula is C40H30N2O4. The van der Waals surface area contributed by atoms with Crippen LogP contribution < -0.4 is 9.47 Å². The summed E-state index contributed by atoms with van der Waals surface area (Å²) in [5.41, 5.74) is 10.1. The molecule has 0 aliphatic heterocycles. The number of fused-ring (bicyclic) bond motifs is 1. The number of aldehydes is 2. The molecule has 1 heterocycles. The zero-order valence-corrected chi connectivity index (χ0v) is 25.5. The first-order chi connectivity index (χ1) is 22.5. The molecule has 0 unspecified atom stereocenters. The molecular weight excluding hydrogens is 572 g/mol. The fourth-order valence-corrected chi connectivity index (χ4v) is 5.65. The summed E-state index contributed by atoms with van der Waals surface area (Å²) in [6.45, 7) is 4.75. The number of ether oxygens (including phenoxy) is 2. The number of nitrogens with zero attached hydrogens (tertiary/aromatic N) is 2. The van der Waals surface area contributed by atoms with Crippen molar-refractivity contribution in [2.45, 2.75) is 27.1 Å². The molecule has 0 N–H and O–H groups in total. The number of carbonyl (C=O) groups excluding carboxylic acids is 2. The van der Waals surface area contributed by atoms with Gasteiger partial charge in [-0.3, -0.25) is 14.6 Å². The Labute approximate surface area is 267 Å². The lowest BCUT2D eigenvalue weighted by Gasteiger charge is -2.17. The van der Waals surface area contributed by atoms with Crippen molar-refractivity contribution in [2.75, 3.05) is 0 Å². The number of nitriles is 1. The lowest BCUT2D eigenvalue weighted by molar-refractivity contribution is 0.111. The Bertz CT molecular complexity index is 2150. The van der Waals surface area contributed by atoms with Crippen molar-refractivity contribution in [3.8, 4) is 39.8 Å². The first-order valence-corrected chi connectivity index (χ1v) is 14.8. The number of hydrogen-bond donors (Lipinski definition) is 0. The van der Waals surface area contributed by atoms with Crippen LogP contribution in [0.15, 0.2) is 109 Å². The second-order valence-electron chi connectivity index (χ2n) is 11.1. The molecule has 6 rings (SSSR count). The minimum absolute atomic E-state index is 0.159. The molecule has 5 aromatic carbocycles. The van der Waals surface area contributed by atoms with Crippen LogP contribution in [0, 0.1) is 25.2 Å². The molecule has 0 aliphatic carbocycles. The van der Waals surface area contributed by atoms with Crippen LogP contribution in [-0.4, -0.2) is 17.6 Å². The maximum absolute atomic E-state index is 11.7. The standard InChI is InChI=1S/C40H30N2O4/c1-26-35(25-45-36-14-13-34(23-44)40(18-36)46-24-30-15-29(19-41)20-42-21-30)5-3-7-38(26)39-8-4-6-37(27(39)2)33-12-11-31-16-28(22-43)9-10-32(31)17-33/h3-18,20-23H,24-25H2,1-2H3. The van der Waals surface area contributed by atoms with Crippen LogP contribution in [0.4, 0.5) is 0 Å². The number of rotatable bonds is 10. The van der Waals surface area contributed by atoms with Crippen LogP contribution in [0.3, 0.4) is 0 Å². The molecule has 0 saturated carbocycles. The Kier molecular flexibility index (Phi) is 8.66. The molecule has 0 amide bonds. The van der Waals surface area contributed by atoms with E-state index in [0.29, 0.717) is 34.8 Å². The lowest BCUT2D eigenvalue weighted by atomic mass is 9.89. The largest absolute Gasteiger partial charge is 0.489 e. The average Bonchev–Trinajstić information content (AvgIpc) is 3.10. The summed E-state index contributed by atoms with van der Waals surface area (Å²) in [7, 11) is 0. The van der Waals surface area contributed by atoms with Gasteiger partial charge in [-0.25, -0.2) is 0 Å². The van der Waals surface area contributed by atoms with Crippen molar-refractivity contribution in [3.05, 3.63) is 148 Å². The smallest absolute Gasteiger partial charge is 0.153 e. The normalized spacial score (nSPS) is 10.7. The maximum atomic E-state index is 11.7. The van der Waals surface area contributed by atoms with E-state index in [-0.39, 0.29) is 6.61 Å². The average molecular weight is 603 g/mol. The third kappa shape index (κ3) is 6.26. The molecule has 6 aromatic rings. The van der Waals surface area contributed by atoms with E-state index in [0.717, 1.165) is 62.3 Å². The quantitative estimate of drug-likeness (QED) is 0.146. The molecule has 0 saturated heterocycles. The van der Waals surface area contributed by atoms with E-state index in [2.05, 4.69) is 73.4 Å². The fourth-order valence-electron chi connectivity index (χ4n) is 5.65. The van der Waals surface area contributed by atoms with Gasteiger partial charge < -0.3 is 9.47 Å². The van der Waals surface area contributed by atoms with Crippen molar-refractivity contribution >= 4 is 23.3 Å². The van der Waals surface area contributed by atoms with E-state index >= 15 is 0 Å². The van der Waals surface area contributed by atoms with Gasteiger partial charge in [0.15, 0.2) is 6.29 Å². The Morgan fingerprint density at radius 1 is 0.717 bits per heavy atom. The van der Waals surface area contributed by atoms with Crippen LogP contribution in [0.25, 0.3) is 33.0 Å². The Balaban J connectivity index is 1.23. The lowest BCUT2D eigenvalue weighted by Crippen LogP contribution is -2.02. The highest BCUT2D eigenvalue weighted by Crippen LogP contribution is 2.36. The minimum Gasteiger partial charge on any atom is -0.489 e.